The molecule has 1 fully saturated rings. The molecule has 4 nitrogen and oxygen atoms in total. The normalized spacial score (nSPS) is 18.7. The van der Waals surface area contributed by atoms with Crippen LogP contribution in [0, 0.1) is 26.2 Å². The van der Waals surface area contributed by atoms with Crippen molar-refractivity contribution in [3.8, 4) is 12.3 Å². The second kappa shape index (κ2) is 9.80. The molecule has 0 aromatic heterocycles. The fourth-order valence-electron chi connectivity index (χ4n) is 3.15. The van der Waals surface area contributed by atoms with Crippen LogP contribution in [0.3, 0.4) is 0 Å². The summed E-state index contributed by atoms with van der Waals surface area (Å²) in [4.78, 5) is 2.26. The van der Waals surface area contributed by atoms with Gasteiger partial charge in [-0.15, -0.1) is 6.42 Å². The highest BCUT2D eigenvalue weighted by Crippen LogP contribution is 2.17. The Bertz CT molecular complexity index is 546. The van der Waals surface area contributed by atoms with Gasteiger partial charge in [0.15, 0.2) is 0 Å². The lowest BCUT2D eigenvalue weighted by molar-refractivity contribution is 0.00950. The Morgan fingerprint density at radius 1 is 1.46 bits per heavy atom. The molecule has 2 atom stereocenters. The highest BCUT2D eigenvalue weighted by Gasteiger charge is 2.21. The average Bonchev–Trinajstić information content (AvgIpc) is 3.03. The molecule has 0 radical (unpaired) electrons. The van der Waals surface area contributed by atoms with E-state index < -0.39 is 6.10 Å². The van der Waals surface area contributed by atoms with Crippen LogP contribution in [0.15, 0.2) is 18.2 Å². The molecule has 1 N–H and O–H groups in total. The van der Waals surface area contributed by atoms with Gasteiger partial charge in [-0.1, -0.05) is 29.7 Å². The Morgan fingerprint density at radius 2 is 2.29 bits per heavy atom. The summed E-state index contributed by atoms with van der Waals surface area (Å²) >= 11 is 0. The molecule has 0 spiro atoms. The second-order valence-electron chi connectivity index (χ2n) is 6.63. The summed E-state index contributed by atoms with van der Waals surface area (Å²) in [5, 5.41) is 10.2. The highest BCUT2D eigenvalue weighted by molar-refractivity contribution is 5.30. The first-order valence-corrected chi connectivity index (χ1v) is 8.68. The van der Waals surface area contributed by atoms with Gasteiger partial charge in [0.1, 0.15) is 6.61 Å². The van der Waals surface area contributed by atoms with Crippen molar-refractivity contribution in [2.45, 2.75) is 45.4 Å². The Labute approximate surface area is 145 Å². The van der Waals surface area contributed by atoms with Gasteiger partial charge in [0.05, 0.1) is 18.8 Å². The lowest BCUT2D eigenvalue weighted by Gasteiger charge is -2.28. The summed E-state index contributed by atoms with van der Waals surface area (Å²) in [6.45, 7) is 7.77. The maximum Gasteiger partial charge on any atom is 0.107 e. The molecule has 1 aromatic carbocycles. The third-order valence-electron chi connectivity index (χ3n) is 4.34. The zero-order chi connectivity index (χ0) is 17.4. The standard InChI is InChI=1S/C20H29NO3/c1-4-9-23-15-19(22)13-21(14-20-6-5-10-24-20)12-18-8-7-16(2)11-17(18)3/h1,7-8,11,19-20,22H,5-6,9-10,12-15H2,2-3H3/t19-,20-/m0/s1. The van der Waals surface area contributed by atoms with Gasteiger partial charge in [0.2, 0.25) is 0 Å². The topological polar surface area (TPSA) is 41.9 Å². The predicted octanol–water partition coefficient (Wildman–Crippen LogP) is 2.30. The summed E-state index contributed by atoms with van der Waals surface area (Å²) < 4.78 is 11.0. The van der Waals surface area contributed by atoms with Gasteiger partial charge in [0, 0.05) is 26.2 Å². The van der Waals surface area contributed by atoms with Crippen molar-refractivity contribution in [2.75, 3.05) is 32.9 Å². The fourth-order valence-corrected chi connectivity index (χ4v) is 3.15. The van der Waals surface area contributed by atoms with Gasteiger partial charge in [-0.2, -0.15) is 0 Å². The molecule has 0 aliphatic carbocycles. The highest BCUT2D eigenvalue weighted by atomic mass is 16.5. The number of hydrogen-bond donors (Lipinski definition) is 1. The number of aliphatic hydroxyl groups is 1. The molecule has 4 heteroatoms. The molecule has 1 saturated heterocycles. The number of benzene rings is 1. The van der Waals surface area contributed by atoms with E-state index in [0.717, 1.165) is 32.5 Å². The monoisotopic (exact) mass is 331 g/mol. The van der Waals surface area contributed by atoms with E-state index in [9.17, 15) is 5.11 Å². The number of aryl methyl sites for hydroxylation is 2. The van der Waals surface area contributed by atoms with Crippen molar-refractivity contribution in [1.82, 2.24) is 4.90 Å². The van der Waals surface area contributed by atoms with Crippen molar-refractivity contribution in [1.29, 1.82) is 0 Å². The zero-order valence-electron chi connectivity index (χ0n) is 14.8. The van der Waals surface area contributed by atoms with Gasteiger partial charge in [0.25, 0.3) is 0 Å². The summed E-state index contributed by atoms with van der Waals surface area (Å²) in [5.41, 5.74) is 3.84. The van der Waals surface area contributed by atoms with E-state index in [2.05, 4.69) is 42.9 Å². The van der Waals surface area contributed by atoms with Crippen LogP contribution in [0.25, 0.3) is 0 Å². The lowest BCUT2D eigenvalue weighted by atomic mass is 10.0. The quantitative estimate of drug-likeness (QED) is 0.557. The number of nitrogens with zero attached hydrogens (tertiary/aromatic N) is 1. The first-order valence-electron chi connectivity index (χ1n) is 8.68. The SMILES string of the molecule is C#CCOC[C@@H](O)CN(Cc1ccc(C)cc1C)C[C@@H]1CCCO1. The van der Waals surface area contributed by atoms with E-state index in [1.54, 1.807) is 0 Å². The average molecular weight is 331 g/mol. The van der Waals surface area contributed by atoms with Gasteiger partial charge in [-0.3, -0.25) is 4.90 Å². The minimum Gasteiger partial charge on any atom is -0.389 e. The molecular weight excluding hydrogens is 302 g/mol. The van der Waals surface area contributed by atoms with Crippen molar-refractivity contribution in [3.63, 3.8) is 0 Å². The van der Waals surface area contributed by atoms with Crippen molar-refractivity contribution in [3.05, 3.63) is 34.9 Å². The molecule has 1 heterocycles. The van der Waals surface area contributed by atoms with E-state index >= 15 is 0 Å². The minimum atomic E-state index is -0.550. The van der Waals surface area contributed by atoms with Crippen molar-refractivity contribution < 1.29 is 14.6 Å². The summed E-state index contributed by atoms with van der Waals surface area (Å²) in [5.74, 6) is 2.42. The van der Waals surface area contributed by atoms with Crippen LogP contribution in [0.1, 0.15) is 29.5 Å². The lowest BCUT2D eigenvalue weighted by Crippen LogP contribution is -2.39. The van der Waals surface area contributed by atoms with E-state index in [1.807, 2.05) is 0 Å². The molecule has 0 saturated carbocycles. The number of rotatable bonds is 9. The predicted molar refractivity (Wildman–Crippen MR) is 95.8 cm³/mol. The third kappa shape index (κ3) is 6.26. The largest absolute Gasteiger partial charge is 0.389 e. The maximum atomic E-state index is 10.2. The fraction of sp³-hybridized carbons (Fsp3) is 0.600. The first kappa shape index (κ1) is 19.0. The van der Waals surface area contributed by atoms with Gasteiger partial charge in [-0.25, -0.2) is 0 Å². The third-order valence-corrected chi connectivity index (χ3v) is 4.34. The van der Waals surface area contributed by atoms with E-state index in [-0.39, 0.29) is 19.3 Å². The molecule has 24 heavy (non-hydrogen) atoms. The minimum absolute atomic E-state index is 0.236. The summed E-state index contributed by atoms with van der Waals surface area (Å²) in [6, 6.07) is 6.51. The molecule has 0 bridgehead atoms. The van der Waals surface area contributed by atoms with Crippen LogP contribution in [0.2, 0.25) is 0 Å². The smallest absolute Gasteiger partial charge is 0.107 e. The molecule has 132 valence electrons. The van der Waals surface area contributed by atoms with Crippen LogP contribution >= 0.6 is 0 Å². The Morgan fingerprint density at radius 3 is 2.96 bits per heavy atom. The molecule has 0 unspecified atom stereocenters. The molecular formula is C20H29NO3. The molecule has 2 rings (SSSR count). The Kier molecular flexibility index (Phi) is 7.74. The number of hydrogen-bond acceptors (Lipinski definition) is 4. The van der Waals surface area contributed by atoms with E-state index in [0.29, 0.717) is 6.54 Å². The maximum absolute atomic E-state index is 10.2. The van der Waals surface area contributed by atoms with Gasteiger partial charge < -0.3 is 14.6 Å². The molecule has 0 amide bonds. The summed E-state index contributed by atoms with van der Waals surface area (Å²) in [7, 11) is 0. The molecule has 1 aliphatic heterocycles. The Hall–Kier alpha value is -1.38. The van der Waals surface area contributed by atoms with Crippen molar-refractivity contribution >= 4 is 0 Å². The van der Waals surface area contributed by atoms with Crippen LogP contribution in [-0.4, -0.2) is 55.1 Å². The van der Waals surface area contributed by atoms with Crippen LogP contribution < -0.4 is 0 Å². The van der Waals surface area contributed by atoms with Crippen LogP contribution in [0.4, 0.5) is 0 Å². The van der Waals surface area contributed by atoms with Gasteiger partial charge >= 0.3 is 0 Å². The van der Waals surface area contributed by atoms with Crippen LogP contribution in [-0.2, 0) is 16.0 Å². The molecule has 1 aromatic rings. The second-order valence-corrected chi connectivity index (χ2v) is 6.63. The number of aliphatic hydroxyl groups excluding tert-OH is 1. The zero-order valence-corrected chi connectivity index (χ0v) is 14.8. The van der Waals surface area contributed by atoms with E-state index in [4.69, 9.17) is 15.9 Å². The van der Waals surface area contributed by atoms with Crippen molar-refractivity contribution in [2.24, 2.45) is 0 Å². The number of ether oxygens (including phenoxy) is 2. The summed E-state index contributed by atoms with van der Waals surface area (Å²) in [6.07, 6.45) is 7.09. The number of terminal acetylenes is 1. The van der Waals surface area contributed by atoms with Crippen LogP contribution in [0.5, 0.6) is 0 Å². The first-order chi connectivity index (χ1) is 11.6. The molecule has 1 aliphatic rings. The van der Waals surface area contributed by atoms with E-state index in [1.165, 1.54) is 16.7 Å². The Balaban J connectivity index is 1.97. The van der Waals surface area contributed by atoms with Gasteiger partial charge in [-0.05, 0) is 37.8 Å².